The van der Waals surface area contributed by atoms with Crippen LogP contribution in [0.1, 0.15) is 12.8 Å². The molecule has 0 heterocycles. The SMILES string of the molecule is O=C(O)[C@@H]1[C@H](C(=O)Nc2cccc(F)c2)[C@@H]2C=C[C@H]1CC2. The summed E-state index contributed by atoms with van der Waals surface area (Å²) in [6.07, 6.45) is 5.50. The van der Waals surface area contributed by atoms with E-state index in [1.54, 1.807) is 6.07 Å². The first-order valence-electron chi connectivity index (χ1n) is 7.04. The Morgan fingerprint density at radius 3 is 2.38 bits per heavy atom. The number of nitrogens with one attached hydrogen (secondary N) is 1. The second-order valence-electron chi connectivity index (χ2n) is 5.68. The topological polar surface area (TPSA) is 66.4 Å². The molecule has 0 aromatic heterocycles. The van der Waals surface area contributed by atoms with E-state index in [-0.39, 0.29) is 17.7 Å². The third-order valence-electron chi connectivity index (χ3n) is 4.43. The molecule has 4 rings (SSSR count). The number of anilines is 1. The second-order valence-corrected chi connectivity index (χ2v) is 5.68. The highest BCUT2D eigenvalue weighted by atomic mass is 19.1. The van der Waals surface area contributed by atoms with Gasteiger partial charge in [-0.1, -0.05) is 18.2 Å². The van der Waals surface area contributed by atoms with Gasteiger partial charge in [-0.2, -0.15) is 0 Å². The number of fused-ring (bicyclic) bond motifs is 2. The molecule has 1 aromatic rings. The number of carboxylic acid groups (broad SMARTS) is 1. The number of hydrogen-bond donors (Lipinski definition) is 2. The minimum absolute atomic E-state index is 0.0512. The van der Waals surface area contributed by atoms with Crippen molar-refractivity contribution in [1.82, 2.24) is 0 Å². The molecule has 110 valence electrons. The van der Waals surface area contributed by atoms with Crippen molar-refractivity contribution in [2.75, 3.05) is 5.32 Å². The Balaban J connectivity index is 1.83. The average Bonchev–Trinajstić information content (AvgIpc) is 2.47. The van der Waals surface area contributed by atoms with Crippen molar-refractivity contribution in [2.24, 2.45) is 23.7 Å². The van der Waals surface area contributed by atoms with Gasteiger partial charge in [0.2, 0.25) is 5.91 Å². The summed E-state index contributed by atoms with van der Waals surface area (Å²) in [5.41, 5.74) is 0.356. The van der Waals surface area contributed by atoms with Crippen LogP contribution in [0.5, 0.6) is 0 Å². The van der Waals surface area contributed by atoms with Gasteiger partial charge in [-0.25, -0.2) is 4.39 Å². The summed E-state index contributed by atoms with van der Waals surface area (Å²) in [5, 5.41) is 12.1. The van der Waals surface area contributed by atoms with Crippen molar-refractivity contribution in [2.45, 2.75) is 12.8 Å². The van der Waals surface area contributed by atoms with E-state index in [0.29, 0.717) is 5.69 Å². The molecule has 2 N–H and O–H groups in total. The third kappa shape index (κ3) is 2.55. The number of carboxylic acids is 1. The fourth-order valence-corrected chi connectivity index (χ4v) is 3.48. The highest BCUT2D eigenvalue weighted by Gasteiger charge is 2.48. The predicted octanol–water partition coefficient (Wildman–Crippen LogP) is 2.68. The summed E-state index contributed by atoms with van der Waals surface area (Å²) in [4.78, 5) is 23.9. The molecule has 3 aliphatic rings. The molecule has 1 saturated carbocycles. The van der Waals surface area contributed by atoms with E-state index in [1.807, 2.05) is 12.2 Å². The normalized spacial score (nSPS) is 30.1. The van der Waals surface area contributed by atoms with Crippen molar-refractivity contribution in [3.05, 3.63) is 42.2 Å². The Kier molecular flexibility index (Phi) is 3.49. The van der Waals surface area contributed by atoms with E-state index < -0.39 is 23.6 Å². The Labute approximate surface area is 121 Å². The number of carbonyl (C=O) groups excluding carboxylic acids is 1. The average molecular weight is 289 g/mol. The van der Waals surface area contributed by atoms with Crippen molar-refractivity contribution < 1.29 is 19.1 Å². The number of aliphatic carboxylic acids is 1. The van der Waals surface area contributed by atoms with Crippen LogP contribution in [0.4, 0.5) is 10.1 Å². The van der Waals surface area contributed by atoms with Gasteiger partial charge in [-0.05, 0) is 42.9 Å². The third-order valence-corrected chi connectivity index (χ3v) is 4.43. The van der Waals surface area contributed by atoms with E-state index in [4.69, 9.17) is 0 Å². The summed E-state index contributed by atoms with van der Waals surface area (Å²) >= 11 is 0. The number of carbonyl (C=O) groups is 2. The summed E-state index contributed by atoms with van der Waals surface area (Å²) in [7, 11) is 0. The molecule has 21 heavy (non-hydrogen) atoms. The fourth-order valence-electron chi connectivity index (χ4n) is 3.48. The highest BCUT2D eigenvalue weighted by molar-refractivity contribution is 5.96. The van der Waals surface area contributed by atoms with E-state index in [0.717, 1.165) is 12.8 Å². The van der Waals surface area contributed by atoms with Crippen LogP contribution < -0.4 is 5.32 Å². The molecule has 4 atom stereocenters. The van der Waals surface area contributed by atoms with E-state index >= 15 is 0 Å². The summed E-state index contributed by atoms with van der Waals surface area (Å²) in [6, 6.07) is 5.62. The second kappa shape index (κ2) is 5.31. The van der Waals surface area contributed by atoms with Gasteiger partial charge >= 0.3 is 5.97 Å². The van der Waals surface area contributed by atoms with Crippen LogP contribution in [-0.2, 0) is 9.59 Å². The number of allylic oxidation sites excluding steroid dienone is 2. The number of amides is 1. The molecule has 1 fully saturated rings. The van der Waals surface area contributed by atoms with Gasteiger partial charge < -0.3 is 10.4 Å². The van der Waals surface area contributed by atoms with Crippen molar-refractivity contribution in [3.8, 4) is 0 Å². The van der Waals surface area contributed by atoms with Crippen LogP contribution >= 0.6 is 0 Å². The molecule has 1 aromatic carbocycles. The van der Waals surface area contributed by atoms with Gasteiger partial charge in [0.05, 0.1) is 11.8 Å². The molecule has 0 saturated heterocycles. The Morgan fingerprint density at radius 1 is 1.14 bits per heavy atom. The summed E-state index contributed by atoms with van der Waals surface area (Å²) < 4.78 is 13.2. The number of rotatable bonds is 3. The lowest BCUT2D eigenvalue weighted by Crippen LogP contribution is -2.47. The molecule has 4 nitrogen and oxygen atoms in total. The van der Waals surface area contributed by atoms with Crippen molar-refractivity contribution >= 4 is 17.6 Å². The fraction of sp³-hybridized carbons (Fsp3) is 0.375. The zero-order valence-electron chi connectivity index (χ0n) is 11.3. The van der Waals surface area contributed by atoms with Crippen LogP contribution in [-0.4, -0.2) is 17.0 Å². The van der Waals surface area contributed by atoms with Crippen LogP contribution in [0.25, 0.3) is 0 Å². The number of benzene rings is 1. The number of halogens is 1. The minimum Gasteiger partial charge on any atom is -0.481 e. The van der Waals surface area contributed by atoms with E-state index in [9.17, 15) is 19.1 Å². The largest absolute Gasteiger partial charge is 0.481 e. The predicted molar refractivity (Wildman–Crippen MR) is 75.0 cm³/mol. The zero-order chi connectivity index (χ0) is 15.0. The summed E-state index contributed by atoms with van der Waals surface area (Å²) in [5.74, 6) is -3.13. The number of hydrogen-bond acceptors (Lipinski definition) is 2. The lowest BCUT2D eigenvalue weighted by Gasteiger charge is -2.41. The molecule has 0 unspecified atom stereocenters. The standard InChI is InChI=1S/C16H16FNO3/c17-11-2-1-3-12(8-11)18-15(19)13-9-4-6-10(7-5-9)14(13)16(20)21/h1-4,6,8-10,13-14H,5,7H2,(H,18,19)(H,20,21)/t9-,10+,13-,14+/m1/s1. The van der Waals surface area contributed by atoms with E-state index in [1.165, 1.54) is 18.2 Å². The van der Waals surface area contributed by atoms with Gasteiger partial charge in [0.25, 0.3) is 0 Å². The van der Waals surface area contributed by atoms with Crippen molar-refractivity contribution in [3.63, 3.8) is 0 Å². The maximum absolute atomic E-state index is 13.2. The van der Waals surface area contributed by atoms with Gasteiger partial charge in [0.1, 0.15) is 5.82 Å². The van der Waals surface area contributed by atoms with Crippen LogP contribution in [0.3, 0.4) is 0 Å². The molecule has 3 aliphatic carbocycles. The lowest BCUT2D eigenvalue weighted by molar-refractivity contribution is -0.151. The Bertz CT molecular complexity index is 613. The zero-order valence-corrected chi connectivity index (χ0v) is 11.3. The molecular formula is C16H16FNO3. The van der Waals surface area contributed by atoms with Crippen LogP contribution in [0, 0.1) is 29.5 Å². The van der Waals surface area contributed by atoms with E-state index in [2.05, 4.69) is 5.32 Å². The smallest absolute Gasteiger partial charge is 0.307 e. The molecule has 1 amide bonds. The first-order valence-corrected chi connectivity index (χ1v) is 7.04. The van der Waals surface area contributed by atoms with Crippen LogP contribution in [0.2, 0.25) is 0 Å². The summed E-state index contributed by atoms with van der Waals surface area (Å²) in [6.45, 7) is 0. The Hall–Kier alpha value is -2.17. The molecule has 5 heteroatoms. The first-order chi connectivity index (χ1) is 10.1. The van der Waals surface area contributed by atoms with Gasteiger partial charge in [-0.3, -0.25) is 9.59 Å². The highest BCUT2D eigenvalue weighted by Crippen LogP contribution is 2.45. The van der Waals surface area contributed by atoms with Gasteiger partial charge in [0, 0.05) is 5.69 Å². The minimum atomic E-state index is -0.937. The maximum Gasteiger partial charge on any atom is 0.307 e. The van der Waals surface area contributed by atoms with Crippen LogP contribution in [0.15, 0.2) is 36.4 Å². The molecule has 0 radical (unpaired) electrons. The maximum atomic E-state index is 13.2. The molecule has 0 spiro atoms. The molecular weight excluding hydrogens is 273 g/mol. The monoisotopic (exact) mass is 289 g/mol. The van der Waals surface area contributed by atoms with Crippen molar-refractivity contribution in [1.29, 1.82) is 0 Å². The lowest BCUT2D eigenvalue weighted by atomic mass is 9.62. The Morgan fingerprint density at radius 2 is 1.81 bits per heavy atom. The molecule has 0 aliphatic heterocycles. The van der Waals surface area contributed by atoms with Gasteiger partial charge in [0.15, 0.2) is 0 Å². The van der Waals surface area contributed by atoms with Gasteiger partial charge in [-0.15, -0.1) is 0 Å². The first kappa shape index (κ1) is 13.8. The molecule has 2 bridgehead atoms. The quantitative estimate of drug-likeness (QED) is 0.841.